The number of hydrogen-bond acceptors (Lipinski definition) is 5. The van der Waals surface area contributed by atoms with Crippen molar-refractivity contribution in [1.82, 2.24) is 0 Å². The topological polar surface area (TPSA) is 85.6 Å². The maximum Gasteiger partial charge on any atom is 0.349 e. The summed E-state index contributed by atoms with van der Waals surface area (Å²) in [4.78, 5) is 36.2. The van der Waals surface area contributed by atoms with Gasteiger partial charge in [0, 0.05) is 21.1 Å². The van der Waals surface area contributed by atoms with Crippen LogP contribution in [0.5, 0.6) is 5.75 Å². The third kappa shape index (κ3) is 3.52. The van der Waals surface area contributed by atoms with Crippen molar-refractivity contribution in [3.05, 3.63) is 68.5 Å². The summed E-state index contributed by atoms with van der Waals surface area (Å²) in [6.45, 7) is 1.43. The first-order chi connectivity index (χ1) is 12.4. The van der Waals surface area contributed by atoms with Crippen LogP contribution in [0.25, 0.3) is 11.0 Å². The van der Waals surface area contributed by atoms with E-state index in [9.17, 15) is 14.4 Å². The second kappa shape index (κ2) is 7.13. The first-order valence-corrected chi connectivity index (χ1v) is 8.42. The number of anilines is 1. The van der Waals surface area contributed by atoms with Gasteiger partial charge in [0.1, 0.15) is 5.56 Å². The fourth-order valence-corrected chi connectivity index (χ4v) is 2.95. The maximum absolute atomic E-state index is 12.5. The van der Waals surface area contributed by atoms with Crippen molar-refractivity contribution in [3.63, 3.8) is 0 Å². The summed E-state index contributed by atoms with van der Waals surface area (Å²) in [5, 5.41) is 3.15. The molecule has 0 fully saturated rings. The minimum atomic E-state index is -0.779. The van der Waals surface area contributed by atoms with E-state index in [1.807, 2.05) is 0 Å². The Kier molecular flexibility index (Phi) is 4.90. The van der Waals surface area contributed by atoms with Crippen LogP contribution in [-0.2, 0) is 0 Å². The van der Waals surface area contributed by atoms with Crippen LogP contribution in [0, 0.1) is 0 Å². The molecule has 1 amide bonds. The van der Waals surface area contributed by atoms with Crippen molar-refractivity contribution in [2.45, 2.75) is 6.92 Å². The molecule has 7 heteroatoms. The molecule has 1 aromatic heterocycles. The molecule has 0 unspecified atom stereocenters. The molecule has 6 nitrogen and oxygen atoms in total. The zero-order chi connectivity index (χ0) is 18.8. The van der Waals surface area contributed by atoms with Crippen molar-refractivity contribution in [3.8, 4) is 5.75 Å². The molecule has 0 saturated heterocycles. The molecule has 0 aliphatic rings. The van der Waals surface area contributed by atoms with Crippen molar-refractivity contribution in [2.75, 3.05) is 12.4 Å². The number of hydrogen-bond donors (Lipinski definition) is 1. The van der Waals surface area contributed by atoms with Crippen LogP contribution in [0.4, 0.5) is 5.69 Å². The van der Waals surface area contributed by atoms with Gasteiger partial charge in [0.05, 0.1) is 7.11 Å². The average molecular weight is 416 g/mol. The third-order valence-corrected chi connectivity index (χ3v) is 4.21. The van der Waals surface area contributed by atoms with Gasteiger partial charge >= 0.3 is 5.63 Å². The Morgan fingerprint density at radius 2 is 1.92 bits per heavy atom. The predicted molar refractivity (Wildman–Crippen MR) is 101 cm³/mol. The molecule has 132 valence electrons. The molecule has 0 saturated carbocycles. The summed E-state index contributed by atoms with van der Waals surface area (Å²) in [6, 6.07) is 11.3. The Morgan fingerprint density at radius 3 is 2.62 bits per heavy atom. The number of nitrogens with one attached hydrogen (secondary N) is 1. The quantitative estimate of drug-likeness (QED) is 0.513. The molecule has 1 N–H and O–H groups in total. The number of fused-ring (bicyclic) bond motifs is 1. The highest BCUT2D eigenvalue weighted by atomic mass is 79.9. The number of ether oxygens (including phenoxy) is 1. The van der Waals surface area contributed by atoms with Gasteiger partial charge in [-0.1, -0.05) is 28.1 Å². The Labute approximate surface area is 156 Å². The Balaban J connectivity index is 2.01. The van der Waals surface area contributed by atoms with Crippen LogP contribution in [0.3, 0.4) is 0 Å². The highest BCUT2D eigenvalue weighted by Gasteiger charge is 2.17. The highest BCUT2D eigenvalue weighted by molar-refractivity contribution is 9.10. The molecule has 26 heavy (non-hydrogen) atoms. The van der Waals surface area contributed by atoms with Gasteiger partial charge in [-0.15, -0.1) is 0 Å². The Morgan fingerprint density at radius 1 is 1.15 bits per heavy atom. The summed E-state index contributed by atoms with van der Waals surface area (Å²) in [5.74, 6) is -0.365. The molecule has 3 rings (SSSR count). The van der Waals surface area contributed by atoms with Crippen molar-refractivity contribution >= 4 is 44.3 Å². The average Bonchev–Trinajstić information content (AvgIpc) is 2.61. The first kappa shape index (κ1) is 17.9. The van der Waals surface area contributed by atoms with Crippen molar-refractivity contribution in [1.29, 1.82) is 0 Å². The summed E-state index contributed by atoms with van der Waals surface area (Å²) in [7, 11) is 1.46. The van der Waals surface area contributed by atoms with Crippen LogP contribution in [0.2, 0.25) is 0 Å². The van der Waals surface area contributed by atoms with Crippen LogP contribution >= 0.6 is 15.9 Å². The molecule has 0 spiro atoms. The predicted octanol–water partition coefficient (Wildman–Crippen LogP) is 4.02. The maximum atomic E-state index is 12.5. The van der Waals surface area contributed by atoms with E-state index in [0.29, 0.717) is 22.4 Å². The number of Topliss-reactive ketones (excluding diaryl/α,β-unsaturated/α-hetero) is 1. The Hall–Kier alpha value is -2.93. The summed E-state index contributed by atoms with van der Waals surface area (Å²) >= 11 is 3.35. The molecule has 0 radical (unpaired) electrons. The number of ketones is 1. The summed E-state index contributed by atoms with van der Waals surface area (Å²) < 4.78 is 11.2. The molecule has 2 aromatic carbocycles. The molecule has 3 aromatic rings. The molecule has 1 heterocycles. The van der Waals surface area contributed by atoms with Crippen LogP contribution in [0.15, 0.2) is 56.1 Å². The van der Waals surface area contributed by atoms with Gasteiger partial charge in [0.2, 0.25) is 0 Å². The number of rotatable bonds is 4. The Bertz CT molecular complexity index is 1090. The van der Waals surface area contributed by atoms with Gasteiger partial charge in [0.15, 0.2) is 17.1 Å². The smallest absolute Gasteiger partial charge is 0.349 e. The van der Waals surface area contributed by atoms with Gasteiger partial charge in [0.25, 0.3) is 5.91 Å². The lowest BCUT2D eigenvalue weighted by Gasteiger charge is -2.08. The third-order valence-electron chi connectivity index (χ3n) is 3.75. The minimum Gasteiger partial charge on any atom is -0.493 e. The minimum absolute atomic E-state index is 0.122. The standard InChI is InChI=1S/C19H14BrNO5/c1-10(22)11-4-3-5-14(7-11)21-18(23)15-8-12-6-13(20)9-16(25-2)17(12)26-19(15)24/h3-9H,1-2H3,(H,21,23). The molecule has 0 aliphatic carbocycles. The van der Waals surface area contributed by atoms with Crippen LogP contribution < -0.4 is 15.7 Å². The second-order valence-electron chi connectivity index (χ2n) is 5.57. The zero-order valence-electron chi connectivity index (χ0n) is 14.0. The van der Waals surface area contributed by atoms with E-state index in [4.69, 9.17) is 9.15 Å². The number of halogens is 1. The van der Waals surface area contributed by atoms with Gasteiger partial charge < -0.3 is 14.5 Å². The van der Waals surface area contributed by atoms with Gasteiger partial charge in [-0.05, 0) is 37.3 Å². The fraction of sp³-hybridized carbons (Fsp3) is 0.105. The number of amides is 1. The monoisotopic (exact) mass is 415 g/mol. The summed E-state index contributed by atoms with van der Waals surface area (Å²) in [6.07, 6.45) is 0. The molecule has 0 aliphatic heterocycles. The van der Waals surface area contributed by atoms with Gasteiger partial charge in [-0.25, -0.2) is 4.79 Å². The number of carbonyl (C=O) groups is 2. The van der Waals surface area contributed by atoms with Gasteiger partial charge in [-0.3, -0.25) is 9.59 Å². The number of methoxy groups -OCH3 is 1. The normalized spacial score (nSPS) is 10.6. The number of benzene rings is 2. The molecule has 0 bridgehead atoms. The van der Waals surface area contributed by atoms with E-state index in [1.165, 1.54) is 20.1 Å². The lowest BCUT2D eigenvalue weighted by atomic mass is 10.1. The van der Waals surface area contributed by atoms with Crippen LogP contribution in [-0.4, -0.2) is 18.8 Å². The molecular weight excluding hydrogens is 402 g/mol. The van der Waals surface area contributed by atoms with Crippen molar-refractivity contribution < 1.29 is 18.7 Å². The highest BCUT2D eigenvalue weighted by Crippen LogP contribution is 2.29. The first-order valence-electron chi connectivity index (χ1n) is 7.63. The number of carbonyl (C=O) groups excluding carboxylic acids is 2. The van der Waals surface area contributed by atoms with E-state index in [0.717, 1.165) is 4.47 Å². The summed E-state index contributed by atoms with van der Waals surface area (Å²) in [5.41, 5.74) is 0.205. The SMILES string of the molecule is COc1cc(Br)cc2cc(C(=O)Nc3cccc(C(C)=O)c3)c(=O)oc12. The molecular formula is C19H14BrNO5. The van der Waals surface area contributed by atoms with E-state index >= 15 is 0 Å². The van der Waals surface area contributed by atoms with E-state index in [1.54, 1.807) is 36.4 Å². The zero-order valence-corrected chi connectivity index (χ0v) is 15.5. The second-order valence-corrected chi connectivity index (χ2v) is 6.48. The lowest BCUT2D eigenvalue weighted by molar-refractivity contribution is 0.100. The van der Waals surface area contributed by atoms with Gasteiger partial charge in [-0.2, -0.15) is 0 Å². The van der Waals surface area contributed by atoms with E-state index in [2.05, 4.69) is 21.2 Å². The molecule has 0 atom stereocenters. The lowest BCUT2D eigenvalue weighted by Crippen LogP contribution is -2.20. The fourth-order valence-electron chi connectivity index (χ4n) is 2.49. The van der Waals surface area contributed by atoms with E-state index < -0.39 is 11.5 Å². The van der Waals surface area contributed by atoms with Crippen molar-refractivity contribution in [2.24, 2.45) is 0 Å². The van der Waals surface area contributed by atoms with Crippen LogP contribution in [0.1, 0.15) is 27.6 Å². The largest absolute Gasteiger partial charge is 0.493 e. The van der Waals surface area contributed by atoms with E-state index in [-0.39, 0.29) is 16.9 Å².